The monoisotopic (exact) mass is 385 g/mol. The normalized spacial score (nSPS) is 10.5. The minimum Gasteiger partial charge on any atom is -0.497 e. The van der Waals surface area contributed by atoms with Crippen LogP contribution in [-0.4, -0.2) is 33.2 Å². The Morgan fingerprint density at radius 3 is 2.48 bits per heavy atom. The molecular weight excluding hydrogens is 366 g/mol. The van der Waals surface area contributed by atoms with Crippen molar-refractivity contribution in [3.8, 4) is 16.9 Å². The highest BCUT2D eigenvalue weighted by Gasteiger charge is 2.07. The molecule has 7 nitrogen and oxygen atoms in total. The molecule has 0 saturated carbocycles. The summed E-state index contributed by atoms with van der Waals surface area (Å²) in [7, 11) is 1.65. The molecule has 0 aliphatic heterocycles. The van der Waals surface area contributed by atoms with Crippen molar-refractivity contribution >= 4 is 11.6 Å². The quantitative estimate of drug-likeness (QED) is 0.548. The number of tetrazole rings is 1. The van der Waals surface area contributed by atoms with Crippen LogP contribution in [0.25, 0.3) is 11.1 Å². The first kappa shape index (κ1) is 18.4. The fraction of sp³-hybridized carbons (Fsp3) is 0.0909. The molecule has 144 valence electrons. The van der Waals surface area contributed by atoms with Crippen LogP contribution in [0.2, 0.25) is 0 Å². The number of anilines is 1. The lowest BCUT2D eigenvalue weighted by molar-refractivity contribution is 0.102. The number of ether oxygens (including phenoxy) is 1. The van der Waals surface area contributed by atoms with E-state index in [1.807, 2.05) is 60.7 Å². The predicted molar refractivity (Wildman–Crippen MR) is 110 cm³/mol. The lowest BCUT2D eigenvalue weighted by Crippen LogP contribution is -2.12. The maximum atomic E-state index is 12.5. The lowest BCUT2D eigenvalue weighted by Gasteiger charge is -2.08. The van der Waals surface area contributed by atoms with E-state index in [0.717, 1.165) is 28.1 Å². The van der Waals surface area contributed by atoms with E-state index in [4.69, 9.17) is 4.74 Å². The van der Waals surface area contributed by atoms with Gasteiger partial charge in [-0.2, -0.15) is 0 Å². The minimum absolute atomic E-state index is 0.159. The molecule has 0 unspecified atom stereocenters. The molecule has 1 heterocycles. The molecule has 0 fully saturated rings. The van der Waals surface area contributed by atoms with E-state index < -0.39 is 0 Å². The number of hydrogen-bond donors (Lipinski definition) is 1. The van der Waals surface area contributed by atoms with Gasteiger partial charge in [0.2, 0.25) is 0 Å². The molecule has 0 aliphatic carbocycles. The Bertz CT molecular complexity index is 1090. The molecule has 0 bridgehead atoms. The van der Waals surface area contributed by atoms with E-state index >= 15 is 0 Å². The molecule has 1 amide bonds. The van der Waals surface area contributed by atoms with Crippen molar-refractivity contribution in [2.75, 3.05) is 12.4 Å². The molecule has 1 aromatic heterocycles. The van der Waals surface area contributed by atoms with Crippen LogP contribution in [0.4, 0.5) is 5.69 Å². The van der Waals surface area contributed by atoms with E-state index in [0.29, 0.717) is 12.1 Å². The Morgan fingerprint density at radius 1 is 1.00 bits per heavy atom. The van der Waals surface area contributed by atoms with Gasteiger partial charge in [0, 0.05) is 11.3 Å². The van der Waals surface area contributed by atoms with Crippen molar-refractivity contribution in [3.63, 3.8) is 0 Å². The van der Waals surface area contributed by atoms with E-state index in [1.165, 1.54) is 0 Å². The Morgan fingerprint density at radius 2 is 1.79 bits per heavy atom. The van der Waals surface area contributed by atoms with Gasteiger partial charge in [-0.25, -0.2) is 4.68 Å². The molecule has 0 aliphatic rings. The summed E-state index contributed by atoms with van der Waals surface area (Å²) in [4.78, 5) is 12.5. The molecule has 7 heteroatoms. The maximum absolute atomic E-state index is 12.5. The van der Waals surface area contributed by atoms with Crippen molar-refractivity contribution in [3.05, 3.63) is 90.3 Å². The Balaban J connectivity index is 1.41. The number of rotatable bonds is 6. The van der Waals surface area contributed by atoms with Gasteiger partial charge in [0.15, 0.2) is 0 Å². The standard InChI is InChI=1S/C22H19N5O2/c1-29-21-4-2-3-19(13-21)17-9-11-20(12-10-17)24-22(28)18-7-5-16(6-8-18)14-27-15-23-25-26-27/h2-13,15H,14H2,1H3,(H,24,28). The number of methoxy groups -OCH3 is 1. The molecule has 1 N–H and O–H groups in total. The number of nitrogens with one attached hydrogen (secondary N) is 1. The van der Waals surface area contributed by atoms with Crippen LogP contribution in [-0.2, 0) is 6.54 Å². The van der Waals surface area contributed by atoms with Crippen LogP contribution < -0.4 is 10.1 Å². The Kier molecular flexibility index (Phi) is 5.29. The second kappa shape index (κ2) is 8.35. The minimum atomic E-state index is -0.159. The molecular formula is C22H19N5O2. The van der Waals surface area contributed by atoms with Gasteiger partial charge in [0.25, 0.3) is 5.91 Å². The van der Waals surface area contributed by atoms with Crippen LogP contribution in [0.15, 0.2) is 79.1 Å². The topological polar surface area (TPSA) is 81.9 Å². The molecule has 29 heavy (non-hydrogen) atoms. The summed E-state index contributed by atoms with van der Waals surface area (Å²) in [6.45, 7) is 0.556. The summed E-state index contributed by atoms with van der Waals surface area (Å²) >= 11 is 0. The first-order valence-corrected chi connectivity index (χ1v) is 9.07. The van der Waals surface area contributed by atoms with Gasteiger partial charge in [0.1, 0.15) is 12.1 Å². The number of carbonyl (C=O) groups is 1. The van der Waals surface area contributed by atoms with E-state index in [9.17, 15) is 4.79 Å². The van der Waals surface area contributed by atoms with Crippen LogP contribution in [0, 0.1) is 0 Å². The molecule has 4 rings (SSSR count). The van der Waals surface area contributed by atoms with Crippen molar-refractivity contribution in [1.82, 2.24) is 20.2 Å². The van der Waals surface area contributed by atoms with E-state index in [1.54, 1.807) is 30.3 Å². The third kappa shape index (κ3) is 4.47. The second-order valence-electron chi connectivity index (χ2n) is 6.47. The SMILES string of the molecule is COc1cccc(-c2ccc(NC(=O)c3ccc(Cn4cnnn4)cc3)cc2)c1. The number of nitrogens with zero attached hydrogens (tertiary/aromatic N) is 4. The average molecular weight is 385 g/mol. The highest BCUT2D eigenvalue weighted by atomic mass is 16.5. The van der Waals surface area contributed by atoms with Gasteiger partial charge >= 0.3 is 0 Å². The van der Waals surface area contributed by atoms with Gasteiger partial charge < -0.3 is 10.1 Å². The van der Waals surface area contributed by atoms with Gasteiger partial charge in [-0.3, -0.25) is 4.79 Å². The van der Waals surface area contributed by atoms with Gasteiger partial charge in [-0.15, -0.1) is 5.10 Å². The highest BCUT2D eigenvalue weighted by molar-refractivity contribution is 6.04. The fourth-order valence-corrected chi connectivity index (χ4v) is 2.95. The lowest BCUT2D eigenvalue weighted by atomic mass is 10.0. The molecule has 0 saturated heterocycles. The van der Waals surface area contributed by atoms with Crippen molar-refractivity contribution in [1.29, 1.82) is 0 Å². The van der Waals surface area contributed by atoms with Crippen LogP contribution in [0.3, 0.4) is 0 Å². The zero-order chi connectivity index (χ0) is 20.1. The first-order valence-electron chi connectivity index (χ1n) is 9.07. The maximum Gasteiger partial charge on any atom is 0.255 e. The molecule has 0 spiro atoms. The molecule has 4 aromatic rings. The smallest absolute Gasteiger partial charge is 0.255 e. The second-order valence-corrected chi connectivity index (χ2v) is 6.47. The van der Waals surface area contributed by atoms with Crippen molar-refractivity contribution < 1.29 is 9.53 Å². The fourth-order valence-electron chi connectivity index (χ4n) is 2.95. The van der Waals surface area contributed by atoms with Crippen LogP contribution in [0.5, 0.6) is 5.75 Å². The van der Waals surface area contributed by atoms with Crippen LogP contribution in [0.1, 0.15) is 15.9 Å². The third-order valence-electron chi connectivity index (χ3n) is 4.50. The van der Waals surface area contributed by atoms with Gasteiger partial charge in [-0.1, -0.05) is 36.4 Å². The molecule has 3 aromatic carbocycles. The van der Waals surface area contributed by atoms with Crippen molar-refractivity contribution in [2.45, 2.75) is 6.54 Å². The molecule has 0 atom stereocenters. The summed E-state index contributed by atoms with van der Waals surface area (Å²) < 4.78 is 6.90. The average Bonchev–Trinajstić information content (AvgIpc) is 3.28. The van der Waals surface area contributed by atoms with Gasteiger partial charge in [0.05, 0.1) is 13.7 Å². The Hall–Kier alpha value is -4.00. The summed E-state index contributed by atoms with van der Waals surface area (Å²) in [6.07, 6.45) is 1.55. The summed E-state index contributed by atoms with van der Waals surface area (Å²) in [5, 5.41) is 14.0. The summed E-state index contributed by atoms with van der Waals surface area (Å²) in [5.41, 5.74) is 4.44. The zero-order valence-electron chi connectivity index (χ0n) is 15.8. The predicted octanol–water partition coefficient (Wildman–Crippen LogP) is 3.65. The third-order valence-corrected chi connectivity index (χ3v) is 4.50. The molecule has 0 radical (unpaired) electrons. The number of carbonyl (C=O) groups excluding carboxylic acids is 1. The number of amides is 1. The van der Waals surface area contributed by atoms with E-state index in [2.05, 4.69) is 20.8 Å². The van der Waals surface area contributed by atoms with E-state index in [-0.39, 0.29) is 5.91 Å². The van der Waals surface area contributed by atoms with Crippen LogP contribution >= 0.6 is 0 Å². The number of hydrogen-bond acceptors (Lipinski definition) is 5. The Labute approximate surface area is 168 Å². The van der Waals surface area contributed by atoms with Gasteiger partial charge in [-0.05, 0) is 63.5 Å². The first-order chi connectivity index (χ1) is 14.2. The number of benzene rings is 3. The highest BCUT2D eigenvalue weighted by Crippen LogP contribution is 2.25. The summed E-state index contributed by atoms with van der Waals surface area (Å²) in [6, 6.07) is 22.9. The zero-order valence-corrected chi connectivity index (χ0v) is 15.8. The largest absolute Gasteiger partial charge is 0.497 e. The summed E-state index contributed by atoms with van der Waals surface area (Å²) in [5.74, 6) is 0.650. The van der Waals surface area contributed by atoms with Crippen molar-refractivity contribution in [2.24, 2.45) is 0 Å². The number of aromatic nitrogens is 4.